The van der Waals surface area contributed by atoms with Gasteiger partial charge < -0.3 is 0 Å². The van der Waals surface area contributed by atoms with E-state index in [2.05, 4.69) is 0 Å². The SMILES string of the molecule is Cc1cc(=C(C#N)C#N)ccc1=C(C#N)C#N. The minimum atomic E-state index is 0.00937. The molecule has 0 unspecified atom stereocenters. The summed E-state index contributed by atoms with van der Waals surface area (Å²) >= 11 is 0. The number of hydrogen-bond acceptors (Lipinski definition) is 4. The van der Waals surface area contributed by atoms with Crippen molar-refractivity contribution in [1.82, 2.24) is 0 Å². The quantitative estimate of drug-likeness (QED) is 0.629. The Morgan fingerprint density at radius 2 is 1.41 bits per heavy atom. The van der Waals surface area contributed by atoms with Gasteiger partial charge in [0.1, 0.15) is 35.4 Å². The van der Waals surface area contributed by atoms with Gasteiger partial charge in [-0.2, -0.15) is 21.0 Å². The fourth-order valence-electron chi connectivity index (χ4n) is 1.40. The number of rotatable bonds is 0. The maximum absolute atomic E-state index is 8.76. The van der Waals surface area contributed by atoms with Crippen LogP contribution in [-0.4, -0.2) is 0 Å². The minimum absolute atomic E-state index is 0.00937. The molecule has 1 rings (SSSR count). The van der Waals surface area contributed by atoms with E-state index in [0.717, 1.165) is 0 Å². The van der Waals surface area contributed by atoms with E-state index in [4.69, 9.17) is 21.0 Å². The van der Waals surface area contributed by atoms with Gasteiger partial charge in [0.2, 0.25) is 0 Å². The third-order valence-corrected chi connectivity index (χ3v) is 2.23. The van der Waals surface area contributed by atoms with Gasteiger partial charge in [0.15, 0.2) is 0 Å². The van der Waals surface area contributed by atoms with E-state index in [1.165, 1.54) is 0 Å². The van der Waals surface area contributed by atoms with Crippen molar-refractivity contribution < 1.29 is 0 Å². The number of nitrogens with zero attached hydrogens (tertiary/aromatic N) is 4. The highest BCUT2D eigenvalue weighted by Gasteiger charge is 2.00. The van der Waals surface area contributed by atoms with Gasteiger partial charge in [-0.1, -0.05) is 12.1 Å². The molecule has 1 aromatic carbocycles. The summed E-state index contributed by atoms with van der Waals surface area (Å²) in [7, 11) is 0. The summed E-state index contributed by atoms with van der Waals surface area (Å²) in [6, 6.07) is 11.9. The fourth-order valence-corrected chi connectivity index (χ4v) is 1.40. The summed E-state index contributed by atoms with van der Waals surface area (Å²) in [4.78, 5) is 0. The first kappa shape index (κ1) is 12.0. The van der Waals surface area contributed by atoms with E-state index in [9.17, 15) is 0 Å². The summed E-state index contributed by atoms with van der Waals surface area (Å²) in [5.74, 6) is 0. The van der Waals surface area contributed by atoms with Gasteiger partial charge >= 0.3 is 0 Å². The molecular weight excluding hydrogens is 212 g/mol. The number of benzene rings is 1. The molecule has 0 aliphatic rings. The first-order chi connectivity index (χ1) is 8.17. The van der Waals surface area contributed by atoms with Crippen LogP contribution in [0.5, 0.6) is 0 Å². The highest BCUT2D eigenvalue weighted by molar-refractivity contribution is 5.74. The summed E-state index contributed by atoms with van der Waals surface area (Å²) < 4.78 is 0. The smallest absolute Gasteiger partial charge is 0.137 e. The lowest BCUT2D eigenvalue weighted by molar-refractivity contribution is 1.36. The Kier molecular flexibility index (Phi) is 3.62. The summed E-state index contributed by atoms with van der Waals surface area (Å²) in [6.07, 6.45) is 0. The van der Waals surface area contributed by atoms with Crippen LogP contribution in [0.25, 0.3) is 11.1 Å². The van der Waals surface area contributed by atoms with Crippen molar-refractivity contribution in [2.45, 2.75) is 6.92 Å². The van der Waals surface area contributed by atoms with Crippen molar-refractivity contribution in [3.8, 4) is 24.3 Å². The van der Waals surface area contributed by atoms with Crippen molar-refractivity contribution >= 4 is 11.1 Å². The predicted octanol–water partition coefficient (Wildman–Crippen LogP) is 0.391. The number of hydrogen-bond donors (Lipinski definition) is 0. The van der Waals surface area contributed by atoms with Crippen LogP contribution >= 0.6 is 0 Å². The molecule has 0 atom stereocenters. The van der Waals surface area contributed by atoms with E-state index >= 15 is 0 Å². The first-order valence-corrected chi connectivity index (χ1v) is 4.63. The van der Waals surface area contributed by atoms with E-state index in [0.29, 0.717) is 16.0 Å². The molecular formula is C13H6N4. The molecule has 0 aromatic heterocycles. The van der Waals surface area contributed by atoms with Crippen molar-refractivity contribution in [3.63, 3.8) is 0 Å². The number of nitriles is 4. The molecule has 0 amide bonds. The molecule has 0 bridgehead atoms. The molecule has 0 N–H and O–H groups in total. The van der Waals surface area contributed by atoms with E-state index in [1.54, 1.807) is 49.4 Å². The van der Waals surface area contributed by atoms with E-state index in [-0.39, 0.29) is 11.1 Å². The molecule has 4 heteroatoms. The molecule has 0 saturated carbocycles. The molecule has 0 aliphatic heterocycles. The Balaban J connectivity index is 3.78. The topological polar surface area (TPSA) is 95.2 Å². The third-order valence-electron chi connectivity index (χ3n) is 2.23. The van der Waals surface area contributed by atoms with Crippen molar-refractivity contribution in [3.05, 3.63) is 34.2 Å². The molecule has 4 nitrogen and oxygen atoms in total. The Hall–Kier alpha value is -3.08. The van der Waals surface area contributed by atoms with Crippen LogP contribution < -0.4 is 10.4 Å². The maximum atomic E-state index is 8.76. The Morgan fingerprint density at radius 1 is 0.882 bits per heavy atom. The summed E-state index contributed by atoms with van der Waals surface area (Å²) in [5, 5.41) is 36.0. The normalized spacial score (nSPS) is 8.06. The van der Waals surface area contributed by atoms with E-state index in [1.807, 2.05) is 0 Å². The Bertz CT molecular complexity index is 711. The lowest BCUT2D eigenvalue weighted by Gasteiger charge is -1.95. The van der Waals surface area contributed by atoms with Crippen LogP contribution in [0.3, 0.4) is 0 Å². The zero-order valence-corrected chi connectivity index (χ0v) is 9.02. The molecule has 0 heterocycles. The molecule has 0 saturated heterocycles. The van der Waals surface area contributed by atoms with Gasteiger partial charge in [0, 0.05) is 10.4 Å². The van der Waals surface area contributed by atoms with Crippen molar-refractivity contribution in [2.75, 3.05) is 0 Å². The molecule has 0 spiro atoms. The molecule has 1 aromatic rings. The van der Waals surface area contributed by atoms with Gasteiger partial charge in [0.25, 0.3) is 0 Å². The van der Waals surface area contributed by atoms with Crippen LogP contribution in [0.1, 0.15) is 5.56 Å². The average Bonchev–Trinajstić information content (AvgIpc) is 2.34. The lowest BCUT2D eigenvalue weighted by Crippen LogP contribution is -2.15. The second-order valence-corrected chi connectivity index (χ2v) is 3.23. The van der Waals surface area contributed by atoms with Gasteiger partial charge in [-0.15, -0.1) is 0 Å². The van der Waals surface area contributed by atoms with Crippen LogP contribution in [-0.2, 0) is 0 Å². The second-order valence-electron chi connectivity index (χ2n) is 3.23. The van der Waals surface area contributed by atoms with Gasteiger partial charge in [-0.05, 0) is 18.6 Å². The van der Waals surface area contributed by atoms with Crippen LogP contribution in [0.4, 0.5) is 0 Å². The zero-order valence-electron chi connectivity index (χ0n) is 9.02. The highest BCUT2D eigenvalue weighted by atomic mass is 14.3. The standard InChI is InChI=1S/C13H6N4/c1-9-4-10(11(5-14)6-15)2-3-13(9)12(7-16)8-17/h2-4H,1H3. The Labute approximate surface area is 98.2 Å². The van der Waals surface area contributed by atoms with Crippen LogP contribution in [0.15, 0.2) is 18.2 Å². The van der Waals surface area contributed by atoms with Crippen molar-refractivity contribution in [2.24, 2.45) is 0 Å². The zero-order chi connectivity index (χ0) is 12.8. The minimum Gasteiger partial charge on any atom is -0.192 e. The largest absolute Gasteiger partial charge is 0.192 e. The molecule has 17 heavy (non-hydrogen) atoms. The molecule has 78 valence electrons. The molecule has 0 fully saturated rings. The maximum Gasteiger partial charge on any atom is 0.137 e. The second kappa shape index (κ2) is 5.13. The third kappa shape index (κ3) is 2.29. The molecule has 0 radical (unpaired) electrons. The van der Waals surface area contributed by atoms with Gasteiger partial charge in [-0.3, -0.25) is 0 Å². The molecule has 0 aliphatic carbocycles. The van der Waals surface area contributed by atoms with Crippen LogP contribution in [0, 0.1) is 52.2 Å². The number of aryl methyl sites for hydroxylation is 1. The predicted molar refractivity (Wildman–Crippen MR) is 59.7 cm³/mol. The highest BCUT2D eigenvalue weighted by Crippen LogP contribution is 1.93. The fraction of sp³-hybridized carbons (Fsp3) is 0.0769. The van der Waals surface area contributed by atoms with Gasteiger partial charge in [0.05, 0.1) is 0 Å². The van der Waals surface area contributed by atoms with Crippen LogP contribution in [0.2, 0.25) is 0 Å². The average molecular weight is 218 g/mol. The summed E-state index contributed by atoms with van der Waals surface area (Å²) in [6.45, 7) is 1.72. The monoisotopic (exact) mass is 218 g/mol. The van der Waals surface area contributed by atoms with Crippen molar-refractivity contribution in [1.29, 1.82) is 21.0 Å². The first-order valence-electron chi connectivity index (χ1n) is 4.63. The lowest BCUT2D eigenvalue weighted by atomic mass is 10.1. The summed E-state index contributed by atoms with van der Waals surface area (Å²) in [5.41, 5.74) is 0.711. The van der Waals surface area contributed by atoms with Gasteiger partial charge in [-0.25, -0.2) is 0 Å². The Morgan fingerprint density at radius 3 is 1.82 bits per heavy atom. The van der Waals surface area contributed by atoms with E-state index < -0.39 is 0 Å².